The van der Waals surface area contributed by atoms with E-state index in [1.807, 2.05) is 19.1 Å². The molecule has 1 aromatic heterocycles. The Kier molecular flexibility index (Phi) is 3.64. The molecule has 17 heavy (non-hydrogen) atoms. The maximum absolute atomic E-state index is 5.15. The molecule has 1 heterocycles. The summed E-state index contributed by atoms with van der Waals surface area (Å²) in [6.07, 6.45) is 0. The molecule has 0 spiro atoms. The number of hydrogen-bond donors (Lipinski definition) is 1. The van der Waals surface area contributed by atoms with Gasteiger partial charge in [-0.3, -0.25) is 0 Å². The maximum Gasteiger partial charge on any atom is 0.183 e. The molecular weight excluding hydrogens is 232 g/mol. The van der Waals surface area contributed by atoms with Crippen molar-refractivity contribution < 1.29 is 4.74 Å². The average molecular weight is 248 g/mol. The number of nitrogens with one attached hydrogen (secondary N) is 1. The fourth-order valence-corrected chi connectivity index (χ4v) is 2.67. The minimum absolute atomic E-state index is 0.878. The second kappa shape index (κ2) is 5.19. The highest BCUT2D eigenvalue weighted by Crippen LogP contribution is 2.33. The number of thiazole rings is 1. The Bertz CT molecular complexity index is 491. The van der Waals surface area contributed by atoms with E-state index in [9.17, 15) is 0 Å². The third-order valence-electron chi connectivity index (χ3n) is 2.48. The van der Waals surface area contributed by atoms with Gasteiger partial charge in [-0.05, 0) is 43.7 Å². The van der Waals surface area contributed by atoms with Crippen molar-refractivity contribution in [1.29, 1.82) is 0 Å². The molecule has 0 aliphatic heterocycles. The van der Waals surface area contributed by atoms with E-state index in [-0.39, 0.29) is 0 Å². The largest absolute Gasteiger partial charge is 0.497 e. The predicted molar refractivity (Wildman–Crippen MR) is 73.0 cm³/mol. The Hall–Kier alpha value is -1.55. The summed E-state index contributed by atoms with van der Waals surface area (Å²) >= 11 is 1.69. The van der Waals surface area contributed by atoms with Crippen LogP contribution in [0.4, 0.5) is 5.13 Å². The molecule has 2 aromatic rings. The van der Waals surface area contributed by atoms with Gasteiger partial charge < -0.3 is 10.1 Å². The molecule has 0 saturated heterocycles. The van der Waals surface area contributed by atoms with E-state index in [0.29, 0.717) is 0 Å². The lowest BCUT2D eigenvalue weighted by atomic mass is 10.1. The zero-order chi connectivity index (χ0) is 12.3. The molecule has 90 valence electrons. The summed E-state index contributed by atoms with van der Waals surface area (Å²) in [5.41, 5.74) is 2.25. The lowest BCUT2D eigenvalue weighted by Gasteiger charge is -2.01. The minimum Gasteiger partial charge on any atom is -0.497 e. The van der Waals surface area contributed by atoms with Crippen LogP contribution in [0.25, 0.3) is 10.4 Å². The molecule has 0 radical (unpaired) electrons. The molecule has 0 aliphatic carbocycles. The predicted octanol–water partition coefficient (Wildman–Crippen LogP) is 3.56. The second-order valence-electron chi connectivity index (χ2n) is 3.69. The first-order chi connectivity index (χ1) is 8.24. The van der Waals surface area contributed by atoms with Gasteiger partial charge in [-0.25, -0.2) is 4.98 Å². The molecule has 1 N–H and O–H groups in total. The Balaban J connectivity index is 2.31. The molecule has 4 heteroatoms. The molecule has 0 bridgehead atoms. The zero-order valence-corrected chi connectivity index (χ0v) is 11.1. The lowest BCUT2D eigenvalue weighted by molar-refractivity contribution is 0.415. The second-order valence-corrected chi connectivity index (χ2v) is 4.69. The van der Waals surface area contributed by atoms with Gasteiger partial charge in [0, 0.05) is 6.54 Å². The molecule has 0 fully saturated rings. The highest BCUT2D eigenvalue weighted by Gasteiger charge is 2.09. The highest BCUT2D eigenvalue weighted by molar-refractivity contribution is 7.19. The number of hydrogen-bond acceptors (Lipinski definition) is 4. The van der Waals surface area contributed by atoms with E-state index >= 15 is 0 Å². The molecular formula is C13H16N2OS. The van der Waals surface area contributed by atoms with E-state index in [1.165, 1.54) is 10.4 Å². The summed E-state index contributed by atoms with van der Waals surface area (Å²) in [5.74, 6) is 0.878. The molecule has 0 amide bonds. The molecule has 2 rings (SSSR count). The molecule has 0 aliphatic rings. The van der Waals surface area contributed by atoms with E-state index in [1.54, 1.807) is 18.4 Å². The Morgan fingerprint density at radius 2 is 2.00 bits per heavy atom. The zero-order valence-electron chi connectivity index (χ0n) is 10.3. The third-order valence-corrected chi connectivity index (χ3v) is 3.64. The quantitative estimate of drug-likeness (QED) is 0.898. The van der Waals surface area contributed by atoms with Gasteiger partial charge in [-0.1, -0.05) is 11.3 Å². The van der Waals surface area contributed by atoms with Crippen LogP contribution in [-0.2, 0) is 0 Å². The number of aryl methyl sites for hydroxylation is 1. The lowest BCUT2D eigenvalue weighted by Crippen LogP contribution is -1.94. The van der Waals surface area contributed by atoms with Gasteiger partial charge in [0.1, 0.15) is 5.75 Å². The third kappa shape index (κ3) is 2.58. The summed E-state index contributed by atoms with van der Waals surface area (Å²) in [6, 6.07) is 8.08. The van der Waals surface area contributed by atoms with E-state index in [2.05, 4.69) is 29.4 Å². The van der Waals surface area contributed by atoms with Crippen LogP contribution in [-0.4, -0.2) is 18.6 Å². The fraction of sp³-hybridized carbons (Fsp3) is 0.308. The smallest absolute Gasteiger partial charge is 0.183 e. The van der Waals surface area contributed by atoms with E-state index in [4.69, 9.17) is 4.74 Å². The molecule has 1 aromatic carbocycles. The monoisotopic (exact) mass is 248 g/mol. The number of anilines is 1. The normalized spacial score (nSPS) is 10.3. The van der Waals surface area contributed by atoms with Gasteiger partial charge >= 0.3 is 0 Å². The van der Waals surface area contributed by atoms with Crippen molar-refractivity contribution in [1.82, 2.24) is 4.98 Å². The first-order valence-corrected chi connectivity index (χ1v) is 6.42. The summed E-state index contributed by atoms with van der Waals surface area (Å²) in [6.45, 7) is 5.01. The summed E-state index contributed by atoms with van der Waals surface area (Å²) in [5, 5.41) is 4.23. The minimum atomic E-state index is 0.878. The van der Waals surface area contributed by atoms with E-state index < -0.39 is 0 Å². The van der Waals surface area contributed by atoms with Crippen molar-refractivity contribution in [2.24, 2.45) is 0 Å². The van der Waals surface area contributed by atoms with Crippen molar-refractivity contribution in [2.75, 3.05) is 19.0 Å². The Morgan fingerprint density at radius 3 is 2.59 bits per heavy atom. The average Bonchev–Trinajstić information content (AvgIpc) is 2.71. The van der Waals surface area contributed by atoms with Crippen LogP contribution in [0.15, 0.2) is 24.3 Å². The summed E-state index contributed by atoms with van der Waals surface area (Å²) in [4.78, 5) is 5.71. The number of rotatable bonds is 4. The van der Waals surface area contributed by atoms with Crippen LogP contribution in [0.5, 0.6) is 5.75 Å². The Morgan fingerprint density at radius 1 is 1.29 bits per heavy atom. The van der Waals surface area contributed by atoms with Gasteiger partial charge in [0.05, 0.1) is 17.7 Å². The molecule has 0 saturated carbocycles. The highest BCUT2D eigenvalue weighted by atomic mass is 32.1. The summed E-state index contributed by atoms with van der Waals surface area (Å²) in [7, 11) is 1.68. The van der Waals surface area contributed by atoms with Crippen molar-refractivity contribution >= 4 is 16.5 Å². The topological polar surface area (TPSA) is 34.2 Å². The van der Waals surface area contributed by atoms with Crippen LogP contribution >= 0.6 is 11.3 Å². The van der Waals surface area contributed by atoms with Gasteiger partial charge in [0.15, 0.2) is 5.13 Å². The molecule has 0 unspecified atom stereocenters. The van der Waals surface area contributed by atoms with Crippen LogP contribution in [0.3, 0.4) is 0 Å². The molecule has 0 atom stereocenters. The standard InChI is InChI=1S/C13H16N2OS/c1-4-14-13-15-9(2)12(17-13)10-5-7-11(16-3)8-6-10/h5-8H,4H2,1-3H3,(H,14,15). The Labute approximate surface area is 105 Å². The van der Waals surface area contributed by atoms with Crippen LogP contribution in [0.2, 0.25) is 0 Å². The SMILES string of the molecule is CCNc1nc(C)c(-c2ccc(OC)cc2)s1. The van der Waals surface area contributed by atoms with Gasteiger partial charge in [0.25, 0.3) is 0 Å². The van der Waals surface area contributed by atoms with Crippen molar-refractivity contribution in [2.45, 2.75) is 13.8 Å². The van der Waals surface area contributed by atoms with Gasteiger partial charge in [-0.15, -0.1) is 0 Å². The fourth-order valence-electron chi connectivity index (χ4n) is 1.63. The number of benzene rings is 1. The first kappa shape index (κ1) is 11.9. The first-order valence-electron chi connectivity index (χ1n) is 5.60. The molecule has 3 nitrogen and oxygen atoms in total. The number of aromatic nitrogens is 1. The van der Waals surface area contributed by atoms with Crippen LogP contribution in [0, 0.1) is 6.92 Å². The number of methoxy groups -OCH3 is 1. The summed E-state index contributed by atoms with van der Waals surface area (Å²) < 4.78 is 5.15. The van der Waals surface area contributed by atoms with E-state index in [0.717, 1.165) is 23.1 Å². The van der Waals surface area contributed by atoms with Gasteiger partial charge in [0.2, 0.25) is 0 Å². The van der Waals surface area contributed by atoms with Crippen molar-refractivity contribution in [3.8, 4) is 16.2 Å². The van der Waals surface area contributed by atoms with Crippen LogP contribution < -0.4 is 10.1 Å². The number of ether oxygens (including phenoxy) is 1. The number of nitrogens with zero attached hydrogens (tertiary/aromatic N) is 1. The maximum atomic E-state index is 5.15. The van der Waals surface area contributed by atoms with Gasteiger partial charge in [-0.2, -0.15) is 0 Å². The van der Waals surface area contributed by atoms with Crippen molar-refractivity contribution in [3.63, 3.8) is 0 Å². The van der Waals surface area contributed by atoms with Crippen molar-refractivity contribution in [3.05, 3.63) is 30.0 Å². The van der Waals surface area contributed by atoms with Crippen LogP contribution in [0.1, 0.15) is 12.6 Å².